The smallest absolute Gasteiger partial charge is 0.350 e. The molecule has 0 bridgehead atoms. The number of esters is 1. The number of carbonyl (C=O) groups excluding carboxylic acids is 1. The number of hydrogen-bond donors (Lipinski definition) is 2. The molecule has 28 heavy (non-hydrogen) atoms. The molecule has 8 heteroatoms. The number of likely N-dealkylation sites (tertiary alicyclic amines) is 1. The lowest BCUT2D eigenvalue weighted by Gasteiger charge is -2.28. The zero-order valence-corrected chi connectivity index (χ0v) is 18.7. The molecule has 0 aromatic carbocycles. The van der Waals surface area contributed by atoms with Gasteiger partial charge >= 0.3 is 5.97 Å². The van der Waals surface area contributed by atoms with Crippen molar-refractivity contribution < 1.29 is 9.53 Å². The Morgan fingerprint density at radius 1 is 1.39 bits per heavy atom. The molecule has 0 spiro atoms. The van der Waals surface area contributed by atoms with E-state index >= 15 is 0 Å². The number of ether oxygens (including phenoxy) is 1. The number of hydrogen-bond acceptors (Lipinski definition) is 6. The number of thiazole rings is 1. The van der Waals surface area contributed by atoms with Crippen molar-refractivity contribution in [2.24, 2.45) is 10.9 Å². The molecule has 0 amide bonds. The Morgan fingerprint density at radius 2 is 2.11 bits per heavy atom. The maximum atomic E-state index is 12.0. The van der Waals surface area contributed by atoms with Crippen molar-refractivity contribution in [3.8, 4) is 0 Å². The molecular formula is C20H35N5O2S. The highest BCUT2D eigenvalue weighted by Gasteiger charge is 2.20. The summed E-state index contributed by atoms with van der Waals surface area (Å²) in [5.74, 6) is 1.28. The van der Waals surface area contributed by atoms with Crippen LogP contribution in [0.2, 0.25) is 0 Å². The predicted molar refractivity (Wildman–Crippen MR) is 115 cm³/mol. The third kappa shape index (κ3) is 6.74. The van der Waals surface area contributed by atoms with Crippen molar-refractivity contribution in [1.82, 2.24) is 20.5 Å². The second-order valence-electron chi connectivity index (χ2n) is 7.35. The summed E-state index contributed by atoms with van der Waals surface area (Å²) in [6.45, 7) is 12.1. The molecule has 1 aromatic rings. The molecule has 0 radical (unpaired) electrons. The van der Waals surface area contributed by atoms with Crippen molar-refractivity contribution in [2.75, 3.05) is 39.8 Å². The van der Waals surface area contributed by atoms with Gasteiger partial charge in [0, 0.05) is 13.1 Å². The van der Waals surface area contributed by atoms with E-state index in [4.69, 9.17) is 9.73 Å². The van der Waals surface area contributed by atoms with Gasteiger partial charge in [-0.1, -0.05) is 0 Å². The summed E-state index contributed by atoms with van der Waals surface area (Å²) in [5, 5.41) is 7.59. The van der Waals surface area contributed by atoms with Crippen LogP contribution in [0.1, 0.15) is 66.4 Å². The maximum absolute atomic E-state index is 12.0. The molecule has 1 atom stereocenters. The van der Waals surface area contributed by atoms with Gasteiger partial charge in [-0.05, 0) is 73.0 Å². The van der Waals surface area contributed by atoms with Gasteiger partial charge in [-0.3, -0.25) is 4.99 Å². The summed E-state index contributed by atoms with van der Waals surface area (Å²) in [6.07, 6.45) is 3.66. The first-order valence-electron chi connectivity index (χ1n) is 10.3. The van der Waals surface area contributed by atoms with Crippen LogP contribution in [0.15, 0.2) is 4.99 Å². The molecule has 1 aliphatic heterocycles. The van der Waals surface area contributed by atoms with Crippen LogP contribution in [0.3, 0.4) is 0 Å². The van der Waals surface area contributed by atoms with Crippen LogP contribution >= 0.6 is 11.3 Å². The first-order chi connectivity index (χ1) is 13.4. The molecule has 1 unspecified atom stereocenters. The summed E-state index contributed by atoms with van der Waals surface area (Å²) in [4.78, 5) is 24.3. The van der Waals surface area contributed by atoms with Crippen LogP contribution in [-0.2, 0) is 4.74 Å². The number of aryl methyl sites for hydroxylation is 1. The minimum absolute atomic E-state index is 0.0343. The standard InChI is InChI=1S/C20H35N5O2S/c1-6-21-20(22-11-8-16-9-12-25(5)13-10-16)24-15(4)18-23-14(3)17(28-18)19(26)27-7-2/h15-16H,6-13H2,1-5H3,(H2,21,22,24). The average molecular weight is 410 g/mol. The van der Waals surface area contributed by atoms with Crippen molar-refractivity contribution in [3.05, 3.63) is 15.6 Å². The SMILES string of the molecule is CCNC(=NCCC1CCN(C)CC1)NC(C)c1nc(C)c(C(=O)OCC)s1. The molecule has 0 saturated carbocycles. The van der Waals surface area contributed by atoms with Crippen LogP contribution in [-0.4, -0.2) is 61.6 Å². The van der Waals surface area contributed by atoms with Gasteiger partial charge in [0.2, 0.25) is 0 Å². The Kier molecular flexibility index (Phi) is 9.18. The average Bonchev–Trinajstić information content (AvgIpc) is 3.06. The second-order valence-corrected chi connectivity index (χ2v) is 8.38. The van der Waals surface area contributed by atoms with E-state index in [-0.39, 0.29) is 12.0 Å². The van der Waals surface area contributed by atoms with Crippen molar-refractivity contribution in [2.45, 2.75) is 53.0 Å². The molecule has 1 fully saturated rings. The highest BCUT2D eigenvalue weighted by atomic mass is 32.1. The Balaban J connectivity index is 1.93. The van der Waals surface area contributed by atoms with Gasteiger partial charge in [-0.2, -0.15) is 0 Å². The van der Waals surface area contributed by atoms with E-state index in [1.165, 1.54) is 37.3 Å². The Labute approximate surface area is 173 Å². The molecule has 158 valence electrons. The molecule has 1 saturated heterocycles. The summed E-state index contributed by atoms with van der Waals surface area (Å²) >= 11 is 1.39. The number of rotatable bonds is 8. The van der Waals surface area contributed by atoms with Gasteiger partial charge < -0.3 is 20.3 Å². The van der Waals surface area contributed by atoms with E-state index in [1.807, 2.05) is 20.8 Å². The monoisotopic (exact) mass is 409 g/mol. The maximum Gasteiger partial charge on any atom is 0.350 e. The first-order valence-corrected chi connectivity index (χ1v) is 11.1. The minimum Gasteiger partial charge on any atom is -0.462 e. The molecule has 0 aliphatic carbocycles. The normalized spacial score (nSPS) is 17.4. The quantitative estimate of drug-likeness (QED) is 0.390. The zero-order valence-electron chi connectivity index (χ0n) is 17.9. The summed E-state index contributed by atoms with van der Waals surface area (Å²) in [7, 11) is 2.19. The number of nitrogens with zero attached hydrogens (tertiary/aromatic N) is 3. The Morgan fingerprint density at radius 3 is 2.75 bits per heavy atom. The van der Waals surface area contributed by atoms with E-state index in [2.05, 4.69) is 34.5 Å². The van der Waals surface area contributed by atoms with Crippen LogP contribution in [0.5, 0.6) is 0 Å². The Bertz CT molecular complexity index is 653. The van der Waals surface area contributed by atoms with Gasteiger partial charge in [0.05, 0.1) is 18.3 Å². The fourth-order valence-electron chi connectivity index (χ4n) is 3.29. The number of aliphatic imine (C=N–C) groups is 1. The lowest BCUT2D eigenvalue weighted by Crippen LogP contribution is -2.39. The highest BCUT2D eigenvalue weighted by molar-refractivity contribution is 7.13. The van der Waals surface area contributed by atoms with E-state index in [0.29, 0.717) is 11.5 Å². The van der Waals surface area contributed by atoms with Gasteiger partial charge in [-0.15, -0.1) is 11.3 Å². The van der Waals surface area contributed by atoms with Crippen LogP contribution in [0.4, 0.5) is 0 Å². The third-order valence-corrected chi connectivity index (χ3v) is 6.31. The molecular weight excluding hydrogens is 374 g/mol. The highest BCUT2D eigenvalue weighted by Crippen LogP contribution is 2.24. The van der Waals surface area contributed by atoms with Crippen LogP contribution in [0.25, 0.3) is 0 Å². The first kappa shape index (κ1) is 22.6. The second kappa shape index (κ2) is 11.4. The van der Waals surface area contributed by atoms with Gasteiger partial charge in [0.25, 0.3) is 0 Å². The van der Waals surface area contributed by atoms with Crippen LogP contribution < -0.4 is 10.6 Å². The number of aromatic nitrogens is 1. The fourth-order valence-corrected chi connectivity index (χ4v) is 4.25. The molecule has 1 aromatic heterocycles. The predicted octanol–water partition coefficient (Wildman–Crippen LogP) is 2.98. The minimum atomic E-state index is -0.297. The van der Waals surface area contributed by atoms with Crippen LogP contribution in [0, 0.1) is 12.8 Å². The number of piperidine rings is 1. The summed E-state index contributed by atoms with van der Waals surface area (Å²) < 4.78 is 5.11. The third-order valence-electron chi connectivity index (χ3n) is 4.99. The van der Waals surface area contributed by atoms with E-state index in [1.54, 1.807) is 0 Å². The number of carbonyl (C=O) groups is 1. The fraction of sp³-hybridized carbons (Fsp3) is 0.750. The lowest BCUT2D eigenvalue weighted by molar-refractivity contribution is 0.0531. The number of nitrogens with one attached hydrogen (secondary N) is 2. The molecule has 2 heterocycles. The van der Waals surface area contributed by atoms with E-state index in [0.717, 1.165) is 42.1 Å². The van der Waals surface area contributed by atoms with Crippen molar-refractivity contribution >= 4 is 23.3 Å². The largest absolute Gasteiger partial charge is 0.462 e. The lowest BCUT2D eigenvalue weighted by atomic mass is 9.94. The molecule has 7 nitrogen and oxygen atoms in total. The zero-order chi connectivity index (χ0) is 20.5. The van der Waals surface area contributed by atoms with E-state index < -0.39 is 0 Å². The van der Waals surface area contributed by atoms with Crippen molar-refractivity contribution in [3.63, 3.8) is 0 Å². The molecule has 2 N–H and O–H groups in total. The van der Waals surface area contributed by atoms with Gasteiger partial charge in [0.1, 0.15) is 9.88 Å². The van der Waals surface area contributed by atoms with Crippen molar-refractivity contribution in [1.29, 1.82) is 0 Å². The molecule has 2 rings (SSSR count). The van der Waals surface area contributed by atoms with E-state index in [9.17, 15) is 4.79 Å². The summed E-state index contributed by atoms with van der Waals surface area (Å²) in [5.41, 5.74) is 0.719. The van der Waals surface area contributed by atoms with Gasteiger partial charge in [-0.25, -0.2) is 9.78 Å². The van der Waals surface area contributed by atoms with Gasteiger partial charge in [0.15, 0.2) is 5.96 Å². The topological polar surface area (TPSA) is 78.9 Å². The Hall–Kier alpha value is -1.67. The summed E-state index contributed by atoms with van der Waals surface area (Å²) in [6, 6.07) is -0.0343. The number of guanidine groups is 1. The molecule has 1 aliphatic rings.